The van der Waals surface area contributed by atoms with E-state index in [0.717, 1.165) is 32.9 Å². The van der Waals surface area contributed by atoms with Crippen molar-refractivity contribution in [2.45, 2.75) is 45.8 Å². The lowest BCUT2D eigenvalue weighted by Crippen LogP contribution is -2.48. The van der Waals surface area contributed by atoms with Crippen LogP contribution >= 0.6 is 11.6 Å². The molecule has 3 N–H and O–H groups in total. The molecular weight excluding hydrogens is 478 g/mol. The van der Waals surface area contributed by atoms with Gasteiger partial charge in [0.2, 0.25) is 0 Å². The minimum absolute atomic E-state index is 0.238. The molecule has 4 aromatic rings. The van der Waals surface area contributed by atoms with E-state index in [1.54, 1.807) is 20.8 Å². The van der Waals surface area contributed by atoms with Gasteiger partial charge in [0.1, 0.15) is 16.8 Å². The molecule has 186 valence electrons. The molecule has 9 heteroatoms. The van der Waals surface area contributed by atoms with Crippen LogP contribution in [0, 0.1) is 6.92 Å². The number of hydrogen-bond acceptors (Lipinski definition) is 5. The summed E-state index contributed by atoms with van der Waals surface area (Å²) in [6.45, 7) is 7.26. The molecule has 1 atom stereocenters. The zero-order valence-electron chi connectivity index (χ0n) is 20.6. The minimum Gasteiger partial charge on any atom is -0.444 e. The molecule has 0 radical (unpaired) electrons. The average Bonchev–Trinajstić information content (AvgIpc) is 3.20. The first-order valence-corrected chi connectivity index (χ1v) is 11.9. The normalized spacial score (nSPS) is 12.7. The molecule has 2 aromatic carbocycles. The molecule has 0 saturated carbocycles. The largest absolute Gasteiger partial charge is 0.444 e. The topological polar surface area (TPSA) is 108 Å². The number of aromatic amines is 1. The Morgan fingerprint density at radius 3 is 2.75 bits per heavy atom. The highest BCUT2D eigenvalue weighted by Gasteiger charge is 2.25. The first kappa shape index (κ1) is 25.2. The SMILES string of the molecule is Cc1ccc2cc(C=NNC(=O)[C@H](Cc3c[nH]c4ccccc34)NC(=O)OC(C)(C)C)c(Cl)nc2c1. The van der Waals surface area contributed by atoms with E-state index in [0.29, 0.717) is 5.56 Å². The summed E-state index contributed by atoms with van der Waals surface area (Å²) in [6, 6.07) is 14.6. The van der Waals surface area contributed by atoms with Crippen LogP contribution in [0.25, 0.3) is 21.8 Å². The van der Waals surface area contributed by atoms with Crippen molar-refractivity contribution < 1.29 is 14.3 Å². The van der Waals surface area contributed by atoms with Gasteiger partial charge in [0.25, 0.3) is 5.91 Å². The maximum absolute atomic E-state index is 13.1. The molecule has 0 unspecified atom stereocenters. The number of fused-ring (bicyclic) bond motifs is 2. The molecule has 0 bridgehead atoms. The third-order valence-corrected chi connectivity index (χ3v) is 5.74. The number of aryl methyl sites for hydroxylation is 1. The molecule has 8 nitrogen and oxygen atoms in total. The summed E-state index contributed by atoms with van der Waals surface area (Å²) in [4.78, 5) is 33.1. The van der Waals surface area contributed by atoms with E-state index in [1.807, 2.05) is 61.7 Å². The number of halogens is 1. The van der Waals surface area contributed by atoms with Crippen LogP contribution in [0.15, 0.2) is 59.8 Å². The highest BCUT2D eigenvalue weighted by Crippen LogP contribution is 2.21. The highest BCUT2D eigenvalue weighted by molar-refractivity contribution is 6.32. The van der Waals surface area contributed by atoms with Crippen LogP contribution in [0.3, 0.4) is 0 Å². The number of pyridine rings is 1. The fourth-order valence-corrected chi connectivity index (χ4v) is 3.98. The third-order valence-electron chi connectivity index (χ3n) is 5.44. The van der Waals surface area contributed by atoms with Crippen LogP contribution in [0.2, 0.25) is 5.15 Å². The quantitative estimate of drug-likeness (QED) is 0.188. The maximum atomic E-state index is 13.1. The van der Waals surface area contributed by atoms with E-state index in [2.05, 4.69) is 25.8 Å². The van der Waals surface area contributed by atoms with E-state index in [4.69, 9.17) is 16.3 Å². The molecule has 36 heavy (non-hydrogen) atoms. The number of aromatic nitrogens is 2. The van der Waals surface area contributed by atoms with Crippen molar-refractivity contribution in [1.82, 2.24) is 20.7 Å². The number of ether oxygens (including phenoxy) is 1. The van der Waals surface area contributed by atoms with Crippen LogP contribution in [-0.4, -0.2) is 39.8 Å². The lowest BCUT2D eigenvalue weighted by atomic mass is 10.0. The number of carbonyl (C=O) groups is 2. The van der Waals surface area contributed by atoms with Gasteiger partial charge in [-0.1, -0.05) is 41.9 Å². The molecule has 2 aromatic heterocycles. The number of nitrogens with one attached hydrogen (secondary N) is 3. The zero-order chi connectivity index (χ0) is 25.9. The first-order chi connectivity index (χ1) is 17.1. The number of benzene rings is 2. The highest BCUT2D eigenvalue weighted by atomic mass is 35.5. The van der Waals surface area contributed by atoms with Crippen molar-refractivity contribution in [3.63, 3.8) is 0 Å². The molecule has 2 amide bonds. The molecule has 0 aliphatic heterocycles. The molecule has 2 heterocycles. The molecule has 0 saturated heterocycles. The van der Waals surface area contributed by atoms with E-state index in [-0.39, 0.29) is 11.6 Å². The fraction of sp³-hybridized carbons (Fsp3) is 0.259. The fourth-order valence-electron chi connectivity index (χ4n) is 3.78. The van der Waals surface area contributed by atoms with Gasteiger partial charge < -0.3 is 15.0 Å². The number of alkyl carbamates (subject to hydrolysis) is 1. The molecular formula is C27H28ClN5O3. The molecule has 0 spiro atoms. The summed E-state index contributed by atoms with van der Waals surface area (Å²) in [5.74, 6) is -0.497. The predicted molar refractivity (Wildman–Crippen MR) is 142 cm³/mol. The Morgan fingerprint density at radius 1 is 1.19 bits per heavy atom. The van der Waals surface area contributed by atoms with Gasteiger partial charge in [-0.15, -0.1) is 0 Å². The summed E-state index contributed by atoms with van der Waals surface area (Å²) in [5.41, 5.74) is 6.04. The van der Waals surface area contributed by atoms with Gasteiger partial charge in [-0.25, -0.2) is 15.2 Å². The van der Waals surface area contributed by atoms with E-state index in [1.165, 1.54) is 6.21 Å². The summed E-state index contributed by atoms with van der Waals surface area (Å²) >= 11 is 6.32. The zero-order valence-corrected chi connectivity index (χ0v) is 21.3. The Labute approximate surface area is 214 Å². The van der Waals surface area contributed by atoms with Gasteiger partial charge in [0, 0.05) is 34.5 Å². The summed E-state index contributed by atoms with van der Waals surface area (Å²) in [6.07, 6.45) is 2.81. The van der Waals surface area contributed by atoms with Crippen LogP contribution in [0.4, 0.5) is 4.79 Å². The Balaban J connectivity index is 1.52. The average molecular weight is 506 g/mol. The lowest BCUT2D eigenvalue weighted by molar-refractivity contribution is -0.123. The number of para-hydroxylation sites is 1. The van der Waals surface area contributed by atoms with Crippen molar-refractivity contribution in [2.24, 2.45) is 5.10 Å². The molecule has 0 aliphatic rings. The number of hydrogen-bond donors (Lipinski definition) is 3. The lowest BCUT2D eigenvalue weighted by Gasteiger charge is -2.22. The number of hydrazone groups is 1. The second-order valence-electron chi connectivity index (χ2n) is 9.56. The standard InChI is InChI=1S/C27H28ClN5O3/c1-16-9-10-17-12-19(24(28)31-22(17)11-16)15-30-33-25(34)23(32-26(35)36-27(2,3)4)13-18-14-29-21-8-6-5-7-20(18)21/h5-12,14-15,23,29H,13H2,1-4H3,(H,32,35)(H,33,34)/t23-/m0/s1. The number of nitrogens with zero attached hydrogens (tertiary/aromatic N) is 2. The molecule has 0 aliphatic carbocycles. The van der Waals surface area contributed by atoms with E-state index in [9.17, 15) is 9.59 Å². The number of amides is 2. The van der Waals surface area contributed by atoms with Crippen molar-refractivity contribution in [1.29, 1.82) is 0 Å². The van der Waals surface area contributed by atoms with Crippen LogP contribution in [0.1, 0.15) is 37.5 Å². The van der Waals surface area contributed by atoms with Gasteiger partial charge in [-0.05, 0) is 57.0 Å². The van der Waals surface area contributed by atoms with Gasteiger partial charge >= 0.3 is 6.09 Å². The minimum atomic E-state index is -0.926. The first-order valence-electron chi connectivity index (χ1n) is 11.5. The summed E-state index contributed by atoms with van der Waals surface area (Å²) < 4.78 is 5.36. The van der Waals surface area contributed by atoms with Gasteiger partial charge in [-0.2, -0.15) is 5.10 Å². The van der Waals surface area contributed by atoms with Gasteiger partial charge in [0.05, 0.1) is 11.7 Å². The molecule has 4 rings (SSSR count). The second kappa shape index (κ2) is 10.4. The third kappa shape index (κ3) is 6.20. The Morgan fingerprint density at radius 2 is 1.97 bits per heavy atom. The van der Waals surface area contributed by atoms with Crippen LogP contribution in [0.5, 0.6) is 0 Å². The summed E-state index contributed by atoms with van der Waals surface area (Å²) in [7, 11) is 0. The predicted octanol–water partition coefficient (Wildman–Crippen LogP) is 5.26. The Kier molecular flexibility index (Phi) is 7.26. The number of H-pyrrole nitrogens is 1. The van der Waals surface area contributed by atoms with Crippen molar-refractivity contribution >= 4 is 51.6 Å². The number of rotatable bonds is 6. The van der Waals surface area contributed by atoms with E-state index < -0.39 is 23.6 Å². The van der Waals surface area contributed by atoms with Crippen molar-refractivity contribution in [2.75, 3.05) is 0 Å². The van der Waals surface area contributed by atoms with Gasteiger partial charge in [-0.3, -0.25) is 4.79 Å². The Bertz CT molecular complexity index is 1460. The monoisotopic (exact) mass is 505 g/mol. The molecule has 0 fully saturated rings. The Hall–Kier alpha value is -3.91. The summed E-state index contributed by atoms with van der Waals surface area (Å²) in [5, 5.41) is 8.88. The second-order valence-corrected chi connectivity index (χ2v) is 9.92. The van der Waals surface area contributed by atoms with Gasteiger partial charge in [0.15, 0.2) is 0 Å². The van der Waals surface area contributed by atoms with Crippen LogP contribution in [-0.2, 0) is 16.0 Å². The van der Waals surface area contributed by atoms with Crippen molar-refractivity contribution in [3.8, 4) is 0 Å². The van der Waals surface area contributed by atoms with E-state index >= 15 is 0 Å². The van der Waals surface area contributed by atoms with Crippen LogP contribution < -0.4 is 10.7 Å². The van der Waals surface area contributed by atoms with Crippen molar-refractivity contribution in [3.05, 3.63) is 76.6 Å². The smallest absolute Gasteiger partial charge is 0.408 e. The number of carbonyl (C=O) groups excluding carboxylic acids is 2. The maximum Gasteiger partial charge on any atom is 0.408 e.